The summed E-state index contributed by atoms with van der Waals surface area (Å²) < 4.78 is 51.2. The number of anilines is 1. The van der Waals surface area contributed by atoms with Crippen LogP contribution in [0.5, 0.6) is 5.75 Å². The summed E-state index contributed by atoms with van der Waals surface area (Å²) in [5.74, 6) is 0.0359. The van der Waals surface area contributed by atoms with E-state index in [1.54, 1.807) is 23.2 Å². The fourth-order valence-corrected chi connectivity index (χ4v) is 6.46. The van der Waals surface area contributed by atoms with E-state index in [0.29, 0.717) is 42.2 Å². The van der Waals surface area contributed by atoms with E-state index < -0.39 is 17.6 Å². The second-order valence-electron chi connectivity index (χ2n) is 11.4. The van der Waals surface area contributed by atoms with Crippen LogP contribution < -0.4 is 15.3 Å². The van der Waals surface area contributed by atoms with Gasteiger partial charge in [0.2, 0.25) is 5.91 Å². The molecule has 1 saturated heterocycles. The van der Waals surface area contributed by atoms with Crippen molar-refractivity contribution >= 4 is 34.2 Å². The summed E-state index contributed by atoms with van der Waals surface area (Å²) in [4.78, 5) is 39.2. The van der Waals surface area contributed by atoms with Crippen LogP contribution in [-0.4, -0.2) is 55.6 Å². The van der Waals surface area contributed by atoms with Gasteiger partial charge in [0.25, 0.3) is 0 Å². The molecule has 0 bridgehead atoms. The molecule has 1 atom stereocenters. The first-order valence-electron chi connectivity index (χ1n) is 14.2. The van der Waals surface area contributed by atoms with E-state index in [1.165, 1.54) is 16.7 Å². The molecule has 1 amide bonds. The van der Waals surface area contributed by atoms with E-state index >= 15 is 0 Å². The topological polar surface area (TPSA) is 85.5 Å². The number of aryl methyl sites for hydroxylation is 1. The molecule has 1 fully saturated rings. The molecule has 0 saturated carbocycles. The molecular weight excluding hydrogens is 597 g/mol. The fourth-order valence-electron chi connectivity index (χ4n) is 6.18. The van der Waals surface area contributed by atoms with E-state index in [1.807, 2.05) is 32.6 Å². The van der Waals surface area contributed by atoms with Crippen molar-refractivity contribution in [3.05, 3.63) is 81.3 Å². The Morgan fingerprint density at radius 3 is 2.59 bits per heavy atom. The maximum absolute atomic E-state index is 14.2. The van der Waals surface area contributed by atoms with Gasteiger partial charge in [-0.3, -0.25) is 14.3 Å². The van der Waals surface area contributed by atoms with Crippen molar-refractivity contribution in [2.24, 2.45) is 0 Å². The van der Waals surface area contributed by atoms with Gasteiger partial charge in [0.1, 0.15) is 29.3 Å². The molecule has 230 valence electrons. The third-order valence-corrected chi connectivity index (χ3v) is 8.48. The molecule has 4 aromatic rings. The zero-order valence-corrected chi connectivity index (χ0v) is 25.3. The monoisotopic (exact) mass is 626 g/mol. The predicted molar refractivity (Wildman–Crippen MR) is 161 cm³/mol. The number of nitrogens with zero attached hydrogens (tertiary/aromatic N) is 6. The molecule has 0 spiro atoms. The van der Waals surface area contributed by atoms with Crippen LogP contribution in [0.3, 0.4) is 0 Å². The van der Waals surface area contributed by atoms with Crippen molar-refractivity contribution in [1.29, 1.82) is 0 Å². The number of ether oxygens (including phenoxy) is 1. The Morgan fingerprint density at radius 2 is 1.93 bits per heavy atom. The lowest BCUT2D eigenvalue weighted by Crippen LogP contribution is -2.54. The second-order valence-corrected chi connectivity index (χ2v) is 11.8. The smallest absolute Gasteiger partial charge is 0.431 e. The highest BCUT2D eigenvalue weighted by Crippen LogP contribution is 2.47. The number of halogens is 4. The minimum absolute atomic E-state index is 0.00325. The summed E-state index contributed by atoms with van der Waals surface area (Å²) in [5, 5.41) is 0.425. The molecule has 3 aromatic heterocycles. The molecule has 5 heterocycles. The van der Waals surface area contributed by atoms with Crippen molar-refractivity contribution in [3.8, 4) is 17.1 Å². The molecular formula is C31H30ClF3N6O3. The Hall–Kier alpha value is -4.32. The summed E-state index contributed by atoms with van der Waals surface area (Å²) in [7, 11) is 0. The van der Waals surface area contributed by atoms with E-state index in [0.717, 1.165) is 16.2 Å². The molecule has 9 nitrogen and oxygen atoms in total. The fraction of sp³-hybridized carbons (Fsp3) is 0.355. The highest BCUT2D eigenvalue weighted by molar-refractivity contribution is 6.34. The van der Waals surface area contributed by atoms with Crippen LogP contribution in [0.15, 0.2) is 47.9 Å². The first-order valence-corrected chi connectivity index (χ1v) is 14.5. The van der Waals surface area contributed by atoms with E-state index in [2.05, 4.69) is 16.5 Å². The number of alkyl halides is 3. The highest BCUT2D eigenvalue weighted by Gasteiger charge is 2.39. The van der Waals surface area contributed by atoms with Crippen LogP contribution in [0.25, 0.3) is 22.3 Å². The molecule has 6 rings (SSSR count). The molecule has 2 aliphatic heterocycles. The van der Waals surface area contributed by atoms with E-state index in [9.17, 15) is 22.8 Å². The highest BCUT2D eigenvalue weighted by atomic mass is 35.5. The number of pyridine rings is 1. The lowest BCUT2D eigenvalue weighted by molar-refractivity contribution is -0.142. The van der Waals surface area contributed by atoms with E-state index in [4.69, 9.17) is 16.3 Å². The van der Waals surface area contributed by atoms with Crippen LogP contribution >= 0.6 is 11.6 Å². The van der Waals surface area contributed by atoms with Crippen LogP contribution in [-0.2, 0) is 17.6 Å². The molecule has 0 radical (unpaired) electrons. The largest absolute Gasteiger partial charge is 0.483 e. The maximum Gasteiger partial charge on any atom is 0.431 e. The quantitative estimate of drug-likeness (QED) is 0.267. The molecule has 1 aromatic carbocycles. The van der Waals surface area contributed by atoms with Crippen molar-refractivity contribution in [2.75, 3.05) is 24.5 Å². The molecule has 44 heavy (non-hydrogen) atoms. The standard InChI is InChI=1S/C31H30ClF3N6O3/c1-6-23(42)38-11-12-39(18(5)14-38)29-20-13-21(32)27-28(44-15-19-7-8-22(40(19)27)31(33,34)35)26(20)41(30(43)37-29)25-17(4)9-10-36-24(25)16(2)3/h6-10,13,16,18H,1,11-12,14-15H2,2-5H3/t18-/m0/s1. The number of hydrogen-bond donors (Lipinski definition) is 0. The van der Waals surface area contributed by atoms with Crippen LogP contribution in [0.2, 0.25) is 5.02 Å². The first kappa shape index (κ1) is 29.7. The van der Waals surface area contributed by atoms with Gasteiger partial charge in [0.15, 0.2) is 5.75 Å². The Labute approximate surface area is 256 Å². The lowest BCUT2D eigenvalue weighted by atomic mass is 10.0. The number of benzene rings is 1. The summed E-state index contributed by atoms with van der Waals surface area (Å²) >= 11 is 6.83. The Bertz CT molecular complexity index is 1900. The van der Waals surface area contributed by atoms with Crippen LogP contribution in [0.1, 0.15) is 49.3 Å². The second kappa shape index (κ2) is 10.7. The van der Waals surface area contributed by atoms with Crippen LogP contribution in [0.4, 0.5) is 19.0 Å². The minimum atomic E-state index is -4.67. The summed E-state index contributed by atoms with van der Waals surface area (Å²) in [6.45, 7) is 12.1. The minimum Gasteiger partial charge on any atom is -0.483 e. The third-order valence-electron chi connectivity index (χ3n) is 8.19. The van der Waals surface area contributed by atoms with Crippen molar-refractivity contribution < 1.29 is 22.7 Å². The van der Waals surface area contributed by atoms with Gasteiger partial charge < -0.3 is 19.1 Å². The number of carbonyl (C=O) groups is 1. The van der Waals surface area contributed by atoms with Crippen molar-refractivity contribution in [1.82, 2.24) is 24.0 Å². The number of fused-ring (bicyclic) bond motifs is 5. The lowest BCUT2D eigenvalue weighted by Gasteiger charge is -2.40. The average Bonchev–Trinajstić information content (AvgIpc) is 3.42. The van der Waals surface area contributed by atoms with Crippen LogP contribution in [0, 0.1) is 6.92 Å². The number of carbonyl (C=O) groups excluding carboxylic acids is 1. The van der Waals surface area contributed by atoms with Gasteiger partial charge in [0.05, 0.1) is 22.1 Å². The predicted octanol–water partition coefficient (Wildman–Crippen LogP) is 5.79. The Balaban J connectivity index is 1.71. The number of rotatable bonds is 4. The molecule has 0 aliphatic carbocycles. The van der Waals surface area contributed by atoms with Gasteiger partial charge in [-0.05, 0) is 55.7 Å². The number of hydrogen-bond acceptors (Lipinski definition) is 6. The van der Waals surface area contributed by atoms with Crippen molar-refractivity contribution in [3.63, 3.8) is 0 Å². The number of amides is 1. The number of aromatic nitrogens is 4. The Kier molecular flexibility index (Phi) is 7.22. The summed E-state index contributed by atoms with van der Waals surface area (Å²) in [6, 6.07) is 5.40. The zero-order valence-electron chi connectivity index (χ0n) is 24.6. The third kappa shape index (κ3) is 4.63. The summed E-state index contributed by atoms with van der Waals surface area (Å²) in [5.41, 5.74) is 0.767. The summed E-state index contributed by atoms with van der Waals surface area (Å²) in [6.07, 6.45) is -1.76. The van der Waals surface area contributed by atoms with E-state index in [-0.39, 0.29) is 52.1 Å². The molecule has 2 aliphatic rings. The molecule has 13 heteroatoms. The molecule has 0 N–H and O–H groups in total. The normalized spacial score (nSPS) is 16.6. The number of piperazine rings is 1. The average molecular weight is 627 g/mol. The zero-order chi connectivity index (χ0) is 31.7. The molecule has 0 unspecified atom stereocenters. The van der Waals surface area contributed by atoms with Gasteiger partial charge in [0, 0.05) is 37.3 Å². The Morgan fingerprint density at radius 1 is 1.18 bits per heavy atom. The van der Waals surface area contributed by atoms with Gasteiger partial charge in [-0.2, -0.15) is 18.2 Å². The van der Waals surface area contributed by atoms with Gasteiger partial charge >= 0.3 is 11.9 Å². The van der Waals surface area contributed by atoms with Gasteiger partial charge in [-0.15, -0.1) is 0 Å². The van der Waals surface area contributed by atoms with Gasteiger partial charge in [-0.25, -0.2) is 4.79 Å². The maximum atomic E-state index is 14.2. The first-order chi connectivity index (χ1) is 20.8. The van der Waals surface area contributed by atoms with Crippen molar-refractivity contribution in [2.45, 2.75) is 52.4 Å². The van der Waals surface area contributed by atoms with Gasteiger partial charge in [-0.1, -0.05) is 32.0 Å². The SMILES string of the molecule is C=CC(=O)N1CCN(c2nc(=O)n(-c3c(C)ccnc3C(C)C)c3c4c(c(Cl)cc23)-n2c(ccc2C(F)(F)F)CO4)[C@@H](C)C1.